The van der Waals surface area contributed by atoms with E-state index in [1.807, 2.05) is 97.1 Å². The normalized spacial score (nSPS) is 12.4. The Kier molecular flexibility index (Phi) is 13.9. The molecule has 0 aliphatic carbocycles. The van der Waals surface area contributed by atoms with Gasteiger partial charge in [0.15, 0.2) is 0 Å². The summed E-state index contributed by atoms with van der Waals surface area (Å²) in [5.41, 5.74) is 17.4. The van der Waals surface area contributed by atoms with Crippen LogP contribution in [-0.4, -0.2) is 47.7 Å². The fourth-order valence-corrected chi connectivity index (χ4v) is 7.03. The summed E-state index contributed by atoms with van der Waals surface area (Å²) in [6, 6.07) is 43.8. The average molecular weight is 801 g/mol. The van der Waals surface area contributed by atoms with Gasteiger partial charge in [-0.1, -0.05) is 147 Å². The van der Waals surface area contributed by atoms with Gasteiger partial charge >= 0.3 is 0 Å². The molecule has 8 N–H and O–H groups in total. The van der Waals surface area contributed by atoms with E-state index in [2.05, 4.69) is 21.3 Å². The number of benzene rings is 6. The number of anilines is 2. The number of rotatable bonds is 16. The molecular formula is C49H48N6O5. The third-order valence-electron chi connectivity index (χ3n) is 10.1. The van der Waals surface area contributed by atoms with Gasteiger partial charge in [0.2, 0.25) is 17.7 Å². The van der Waals surface area contributed by atoms with Gasteiger partial charge < -0.3 is 32.7 Å². The maximum atomic E-state index is 14.4. The predicted octanol–water partition coefficient (Wildman–Crippen LogP) is 6.55. The van der Waals surface area contributed by atoms with Crippen molar-refractivity contribution in [3.05, 3.63) is 180 Å². The molecule has 3 atom stereocenters. The second-order valence-electron chi connectivity index (χ2n) is 14.8. The van der Waals surface area contributed by atoms with E-state index >= 15 is 0 Å². The van der Waals surface area contributed by atoms with Crippen molar-refractivity contribution >= 4 is 40.9 Å². The minimum atomic E-state index is -1.08. The van der Waals surface area contributed by atoms with Crippen LogP contribution in [-0.2, 0) is 27.2 Å². The molecule has 0 aliphatic rings. The van der Waals surface area contributed by atoms with Crippen LogP contribution in [0.1, 0.15) is 45.7 Å². The van der Waals surface area contributed by atoms with Crippen LogP contribution >= 0.6 is 0 Å². The van der Waals surface area contributed by atoms with Crippen molar-refractivity contribution in [2.24, 2.45) is 11.7 Å². The summed E-state index contributed by atoms with van der Waals surface area (Å²) in [4.78, 5) is 68.8. The quantitative estimate of drug-likeness (QED) is 0.0603. The molecule has 11 nitrogen and oxygen atoms in total. The minimum absolute atomic E-state index is 0.136. The molecule has 0 aromatic heterocycles. The minimum Gasteiger partial charge on any atom is -0.398 e. The Bertz CT molecular complexity index is 2470. The molecule has 11 heteroatoms. The maximum absolute atomic E-state index is 14.4. The average Bonchev–Trinajstić information content (AvgIpc) is 3.26. The molecule has 0 saturated heterocycles. The van der Waals surface area contributed by atoms with Crippen molar-refractivity contribution in [1.29, 1.82) is 0 Å². The number of nitrogen functional groups attached to an aromatic ring is 1. The van der Waals surface area contributed by atoms with Crippen molar-refractivity contribution in [2.45, 2.75) is 44.8 Å². The molecule has 0 fully saturated rings. The fourth-order valence-electron chi connectivity index (χ4n) is 7.03. The molecule has 6 aromatic carbocycles. The van der Waals surface area contributed by atoms with Gasteiger partial charge in [-0.25, -0.2) is 0 Å². The first kappa shape index (κ1) is 42.1. The van der Waals surface area contributed by atoms with Gasteiger partial charge in [-0.3, -0.25) is 24.0 Å². The lowest BCUT2D eigenvalue weighted by Gasteiger charge is -2.24. The lowest BCUT2D eigenvalue weighted by molar-refractivity contribution is -0.129. The molecule has 0 saturated carbocycles. The van der Waals surface area contributed by atoms with Crippen LogP contribution in [0.4, 0.5) is 11.4 Å². The molecule has 304 valence electrons. The Labute approximate surface area is 349 Å². The number of amides is 5. The van der Waals surface area contributed by atoms with Gasteiger partial charge in [0.1, 0.15) is 18.1 Å². The Balaban J connectivity index is 1.29. The lowest BCUT2D eigenvalue weighted by atomic mass is 9.93. The van der Waals surface area contributed by atoms with Gasteiger partial charge in [-0.2, -0.15) is 0 Å². The van der Waals surface area contributed by atoms with Crippen LogP contribution in [0.2, 0.25) is 0 Å². The SMILES string of the molecule is CC(C)[C@H](NC(=O)[C@@H](Cc1ccccc1)NC(=O)c1ccccc1-c1ccccc1C(=O)N[C@@H](Cc1ccccc1)C(=O)Nc1ccccc1-c1ccccc1N)C(N)=O. The molecule has 0 radical (unpaired) electrons. The summed E-state index contributed by atoms with van der Waals surface area (Å²) in [6.45, 7) is 3.53. The van der Waals surface area contributed by atoms with Gasteiger partial charge in [0.05, 0.1) is 0 Å². The molecule has 0 unspecified atom stereocenters. The largest absolute Gasteiger partial charge is 0.398 e. The van der Waals surface area contributed by atoms with E-state index in [0.717, 1.165) is 22.3 Å². The van der Waals surface area contributed by atoms with Crippen molar-refractivity contribution in [1.82, 2.24) is 16.0 Å². The summed E-state index contributed by atoms with van der Waals surface area (Å²) in [5.74, 6) is -3.09. The first-order valence-corrected chi connectivity index (χ1v) is 19.7. The van der Waals surface area contributed by atoms with Crippen LogP contribution in [0.3, 0.4) is 0 Å². The van der Waals surface area contributed by atoms with Crippen LogP contribution in [0, 0.1) is 5.92 Å². The first-order valence-electron chi connectivity index (χ1n) is 19.7. The highest BCUT2D eigenvalue weighted by atomic mass is 16.2. The van der Waals surface area contributed by atoms with Crippen LogP contribution < -0.4 is 32.7 Å². The van der Waals surface area contributed by atoms with Gasteiger partial charge in [-0.15, -0.1) is 0 Å². The molecule has 6 rings (SSSR count). The van der Waals surface area contributed by atoms with Crippen molar-refractivity contribution in [3.63, 3.8) is 0 Å². The third-order valence-corrected chi connectivity index (χ3v) is 10.1. The number of primary amides is 1. The Morgan fingerprint density at radius 1 is 0.483 bits per heavy atom. The van der Waals surface area contributed by atoms with E-state index in [-0.39, 0.29) is 29.9 Å². The molecule has 0 heterocycles. The highest BCUT2D eigenvalue weighted by Gasteiger charge is 2.30. The van der Waals surface area contributed by atoms with Crippen LogP contribution in [0.5, 0.6) is 0 Å². The fraction of sp³-hybridized carbons (Fsp3) is 0.163. The predicted molar refractivity (Wildman–Crippen MR) is 236 cm³/mol. The zero-order chi connectivity index (χ0) is 42.6. The molecule has 0 spiro atoms. The number of hydrogen-bond acceptors (Lipinski definition) is 6. The third kappa shape index (κ3) is 10.5. The van der Waals surface area contributed by atoms with E-state index in [1.165, 1.54) is 0 Å². The standard InChI is InChI=1S/C49H48N6O5/c1-31(2)44(45(51)56)55-49(60)43(30-33-19-7-4-8-20-33)54-47(58)39-26-12-10-22-35(39)34-21-9-11-25-38(34)46(57)53-42(29-32-17-5-3-6-18-32)48(59)52-41-28-16-14-24-37(41)36-23-13-15-27-40(36)50/h3-28,31,42-44H,29-30,50H2,1-2H3,(H2,51,56)(H,52,59)(H,53,57)(H,54,58)(H,55,60)/t42-,43+,44-/m0/s1. The zero-order valence-corrected chi connectivity index (χ0v) is 33.4. The second-order valence-corrected chi connectivity index (χ2v) is 14.8. The maximum Gasteiger partial charge on any atom is 0.252 e. The Morgan fingerprint density at radius 3 is 1.38 bits per heavy atom. The molecule has 6 aromatic rings. The summed E-state index contributed by atoms with van der Waals surface area (Å²) in [6.07, 6.45) is 0.324. The summed E-state index contributed by atoms with van der Waals surface area (Å²) >= 11 is 0. The zero-order valence-electron chi connectivity index (χ0n) is 33.4. The molecule has 0 aliphatic heterocycles. The van der Waals surface area contributed by atoms with Crippen molar-refractivity contribution < 1.29 is 24.0 Å². The molecule has 0 bridgehead atoms. The number of hydrogen-bond donors (Lipinski definition) is 6. The highest BCUT2D eigenvalue weighted by Crippen LogP contribution is 2.32. The van der Waals surface area contributed by atoms with Gasteiger partial charge in [-0.05, 0) is 52.4 Å². The second kappa shape index (κ2) is 19.8. The number of nitrogens with one attached hydrogen (secondary N) is 4. The number of carbonyl (C=O) groups excluding carboxylic acids is 5. The lowest BCUT2D eigenvalue weighted by Crippen LogP contribution is -2.55. The van der Waals surface area contributed by atoms with Crippen LogP contribution in [0.15, 0.2) is 158 Å². The first-order chi connectivity index (χ1) is 29.0. The topological polar surface area (TPSA) is 186 Å². The molecular weight excluding hydrogens is 753 g/mol. The summed E-state index contributed by atoms with van der Waals surface area (Å²) < 4.78 is 0. The number of carbonyl (C=O) groups is 5. The van der Waals surface area contributed by atoms with E-state index in [9.17, 15) is 24.0 Å². The van der Waals surface area contributed by atoms with E-state index in [1.54, 1.807) is 74.5 Å². The Hall–Kier alpha value is -7.53. The van der Waals surface area contributed by atoms with E-state index in [4.69, 9.17) is 11.5 Å². The summed E-state index contributed by atoms with van der Waals surface area (Å²) in [7, 11) is 0. The van der Waals surface area contributed by atoms with Gasteiger partial charge in [0, 0.05) is 46.5 Å². The number of nitrogens with two attached hydrogens (primary N) is 2. The van der Waals surface area contributed by atoms with Gasteiger partial charge in [0.25, 0.3) is 11.8 Å². The molecule has 60 heavy (non-hydrogen) atoms. The number of para-hydroxylation sites is 2. The van der Waals surface area contributed by atoms with Crippen molar-refractivity contribution in [3.8, 4) is 22.3 Å². The Morgan fingerprint density at radius 2 is 0.900 bits per heavy atom. The monoisotopic (exact) mass is 800 g/mol. The van der Waals surface area contributed by atoms with E-state index < -0.39 is 47.7 Å². The van der Waals surface area contributed by atoms with E-state index in [0.29, 0.717) is 22.5 Å². The van der Waals surface area contributed by atoms with Crippen molar-refractivity contribution in [2.75, 3.05) is 11.1 Å². The smallest absolute Gasteiger partial charge is 0.252 e. The molecule has 5 amide bonds. The highest BCUT2D eigenvalue weighted by molar-refractivity contribution is 6.09. The van der Waals surface area contributed by atoms with Crippen LogP contribution in [0.25, 0.3) is 22.3 Å². The summed E-state index contributed by atoms with van der Waals surface area (Å²) in [5, 5.41) is 11.6.